The maximum Gasteiger partial charge on any atom is 0.345 e. The smallest absolute Gasteiger partial charge is 0.345 e. The van der Waals surface area contributed by atoms with Gasteiger partial charge in [0.05, 0.1) is 28.5 Å². The molecule has 12 heteroatoms. The maximum atomic E-state index is 14.4. The minimum absolute atomic E-state index is 0.143. The van der Waals surface area contributed by atoms with Crippen LogP contribution in [0.4, 0.5) is 11.4 Å². The second-order valence-corrected chi connectivity index (χ2v) is 20.7. The number of carbonyl (C=O) groups excluding carboxylic acids is 4. The monoisotopic (exact) mass is 978 g/mol. The molecule has 272 valence electrons. The number of benzene rings is 3. The molecule has 4 aliphatic rings. The van der Waals surface area contributed by atoms with Crippen LogP contribution >= 0.6 is 67.9 Å². The van der Waals surface area contributed by atoms with Crippen LogP contribution in [0, 0.1) is 17.6 Å². The number of hydrogen-bond donors (Lipinski definition) is 0. The third kappa shape index (κ3) is 5.77. The van der Waals surface area contributed by atoms with E-state index in [0.29, 0.717) is 29.8 Å². The maximum absolute atomic E-state index is 14.4. The Morgan fingerprint density at radius 1 is 0.630 bits per heavy atom. The number of halogens is 2. The zero-order valence-electron chi connectivity index (χ0n) is 29.6. The molecule has 0 radical (unpaired) electrons. The molecule has 9 rings (SSSR count). The molecule has 8 nitrogen and oxygen atoms in total. The standard InChI is InChI=1S/C42H32I2N2O6S2/c1-19(2)17-45-27-13-21(31-9-11-33(43)53-31)5-7-23(27)35(39(45)47)37-25-15-30-26(16-29(25)51-41(37)49)38(42(50)52-30)36-24-8-6-22(32-10-12-34(44)54-32)14-28(24)46(40(36)48)18-20(3)4/h5-16,19-20,35,37H,17-18H2,1-4H3/b38-36+. The van der Waals surface area contributed by atoms with Gasteiger partial charge in [-0.3, -0.25) is 14.4 Å². The second kappa shape index (κ2) is 13.4. The summed E-state index contributed by atoms with van der Waals surface area (Å²) >= 11 is 7.96. The van der Waals surface area contributed by atoms with Crippen molar-refractivity contribution in [3.63, 3.8) is 0 Å². The predicted molar refractivity (Wildman–Crippen MR) is 229 cm³/mol. The lowest BCUT2D eigenvalue weighted by Gasteiger charge is -2.21. The quantitative estimate of drug-likeness (QED) is 0.0698. The van der Waals surface area contributed by atoms with Crippen molar-refractivity contribution in [2.24, 2.45) is 11.8 Å². The molecule has 0 saturated carbocycles. The van der Waals surface area contributed by atoms with E-state index < -0.39 is 23.8 Å². The van der Waals surface area contributed by atoms with Gasteiger partial charge in [-0.15, -0.1) is 22.7 Å². The van der Waals surface area contributed by atoms with Crippen molar-refractivity contribution < 1.29 is 28.7 Å². The van der Waals surface area contributed by atoms with Gasteiger partial charge in [-0.1, -0.05) is 52.0 Å². The number of hydrogen-bond acceptors (Lipinski definition) is 8. The molecule has 2 atom stereocenters. The number of esters is 2. The highest BCUT2D eigenvalue weighted by Crippen LogP contribution is 2.55. The van der Waals surface area contributed by atoms with E-state index in [1.54, 1.807) is 44.6 Å². The molecule has 0 N–H and O–H groups in total. The van der Waals surface area contributed by atoms with Crippen LogP contribution in [0.2, 0.25) is 0 Å². The Hall–Kier alpha value is -3.86. The second-order valence-electron chi connectivity index (χ2n) is 14.8. The van der Waals surface area contributed by atoms with E-state index in [2.05, 4.69) is 97.1 Å². The molecular weight excluding hydrogens is 946 g/mol. The van der Waals surface area contributed by atoms with Crippen LogP contribution in [0.3, 0.4) is 0 Å². The molecule has 3 aromatic carbocycles. The van der Waals surface area contributed by atoms with E-state index in [1.165, 1.54) is 2.88 Å². The number of ether oxygens (including phenoxy) is 2. The summed E-state index contributed by atoms with van der Waals surface area (Å²) in [7, 11) is 0. The Morgan fingerprint density at radius 3 is 1.89 bits per heavy atom. The molecule has 2 unspecified atom stereocenters. The topological polar surface area (TPSA) is 93.2 Å². The van der Waals surface area contributed by atoms with Gasteiger partial charge in [-0.05, 0) is 122 Å². The molecule has 2 aromatic heterocycles. The van der Waals surface area contributed by atoms with Gasteiger partial charge in [0.15, 0.2) is 0 Å². The van der Waals surface area contributed by atoms with E-state index in [4.69, 9.17) is 9.47 Å². The van der Waals surface area contributed by atoms with Gasteiger partial charge in [0.25, 0.3) is 5.91 Å². The van der Waals surface area contributed by atoms with Gasteiger partial charge in [-0.2, -0.15) is 0 Å². The van der Waals surface area contributed by atoms with Gasteiger partial charge in [0.1, 0.15) is 17.4 Å². The van der Waals surface area contributed by atoms with Crippen LogP contribution in [-0.2, 0) is 19.2 Å². The largest absolute Gasteiger partial charge is 0.426 e. The number of carbonyl (C=O) groups is 4. The van der Waals surface area contributed by atoms with Crippen molar-refractivity contribution in [3.8, 4) is 32.4 Å². The average molecular weight is 979 g/mol. The Kier molecular flexibility index (Phi) is 8.90. The van der Waals surface area contributed by atoms with Crippen LogP contribution in [0.1, 0.15) is 61.8 Å². The minimum Gasteiger partial charge on any atom is -0.426 e. The van der Waals surface area contributed by atoms with Crippen LogP contribution in [0.15, 0.2) is 72.8 Å². The summed E-state index contributed by atoms with van der Waals surface area (Å²) in [6.45, 7) is 9.20. The summed E-state index contributed by atoms with van der Waals surface area (Å²) in [6.07, 6.45) is 0. The van der Waals surface area contributed by atoms with Crippen molar-refractivity contribution >= 4 is 114 Å². The Morgan fingerprint density at radius 2 is 1.26 bits per heavy atom. The number of rotatable bonds is 7. The zero-order valence-corrected chi connectivity index (χ0v) is 35.5. The van der Waals surface area contributed by atoms with Gasteiger partial charge in [0, 0.05) is 45.2 Å². The first-order valence-electron chi connectivity index (χ1n) is 17.7. The summed E-state index contributed by atoms with van der Waals surface area (Å²) in [4.78, 5) is 62.1. The Labute approximate surface area is 347 Å². The molecule has 4 aliphatic heterocycles. The molecule has 0 saturated heterocycles. The average Bonchev–Trinajstić information content (AvgIpc) is 3.97. The van der Waals surface area contributed by atoms with E-state index >= 15 is 0 Å². The summed E-state index contributed by atoms with van der Waals surface area (Å²) in [5.41, 5.74) is 6.24. The third-order valence-electron chi connectivity index (χ3n) is 10.2. The SMILES string of the molecule is CC(C)CN1C(=O)/C(=C2/C(=O)Oc3cc4c(cc32)OC(=O)C4C2C(=O)N(CC(C)C)c3cc(-c4ccc(I)s4)ccc32)c2ccc(-c3ccc(I)s3)cc21. The van der Waals surface area contributed by atoms with E-state index in [9.17, 15) is 19.2 Å². The van der Waals surface area contributed by atoms with Crippen LogP contribution < -0.4 is 19.3 Å². The minimum atomic E-state index is -0.938. The van der Waals surface area contributed by atoms with E-state index in [1.807, 2.05) is 36.4 Å². The molecule has 2 amide bonds. The summed E-state index contributed by atoms with van der Waals surface area (Å²) in [5.74, 6) is -2.52. The lowest BCUT2D eigenvalue weighted by Crippen LogP contribution is -2.34. The van der Waals surface area contributed by atoms with Crippen LogP contribution in [0.5, 0.6) is 11.5 Å². The lowest BCUT2D eigenvalue weighted by molar-refractivity contribution is -0.136. The number of fused-ring (bicyclic) bond motifs is 4. The summed E-state index contributed by atoms with van der Waals surface area (Å²) in [6, 6.07) is 23.5. The molecule has 5 aromatic rings. The fraction of sp³-hybridized carbons (Fsp3) is 0.238. The van der Waals surface area contributed by atoms with Gasteiger partial charge in [0.2, 0.25) is 5.91 Å². The number of amides is 2. The first-order valence-corrected chi connectivity index (χ1v) is 21.5. The molecule has 0 fully saturated rings. The van der Waals surface area contributed by atoms with Crippen LogP contribution in [0.25, 0.3) is 32.0 Å². The highest BCUT2D eigenvalue weighted by atomic mass is 127. The highest BCUT2D eigenvalue weighted by Gasteiger charge is 2.51. The predicted octanol–water partition coefficient (Wildman–Crippen LogP) is 9.97. The van der Waals surface area contributed by atoms with Crippen LogP contribution in [-0.4, -0.2) is 36.8 Å². The fourth-order valence-electron chi connectivity index (χ4n) is 7.99. The summed E-state index contributed by atoms with van der Waals surface area (Å²) in [5, 5.41) is 0. The van der Waals surface area contributed by atoms with Gasteiger partial charge in [-0.25, -0.2) is 4.79 Å². The summed E-state index contributed by atoms with van der Waals surface area (Å²) < 4.78 is 14.1. The molecular formula is C42H32I2N2O6S2. The molecule has 0 bridgehead atoms. The van der Waals surface area contributed by atoms with E-state index in [-0.39, 0.29) is 46.3 Å². The van der Waals surface area contributed by atoms with Crippen molar-refractivity contribution in [1.82, 2.24) is 0 Å². The molecule has 0 aliphatic carbocycles. The molecule has 0 spiro atoms. The lowest BCUT2D eigenvalue weighted by atomic mass is 9.82. The van der Waals surface area contributed by atoms with Gasteiger partial charge < -0.3 is 19.3 Å². The van der Waals surface area contributed by atoms with Gasteiger partial charge >= 0.3 is 11.9 Å². The van der Waals surface area contributed by atoms with E-state index in [0.717, 1.165) is 40.7 Å². The normalized spacial score (nSPS) is 19.9. The Balaban J connectivity index is 1.14. The highest BCUT2D eigenvalue weighted by molar-refractivity contribution is 14.1. The molecule has 54 heavy (non-hydrogen) atoms. The number of anilines is 2. The van der Waals surface area contributed by atoms with Crippen molar-refractivity contribution in [2.75, 3.05) is 22.9 Å². The van der Waals surface area contributed by atoms with Crippen molar-refractivity contribution in [3.05, 3.63) is 101 Å². The van der Waals surface area contributed by atoms with Crippen molar-refractivity contribution in [1.29, 1.82) is 0 Å². The zero-order chi connectivity index (χ0) is 37.7. The molecule has 6 heterocycles. The van der Waals surface area contributed by atoms with Crippen molar-refractivity contribution in [2.45, 2.75) is 39.5 Å². The third-order valence-corrected chi connectivity index (χ3v) is 14.1. The Bertz CT molecular complexity index is 2510. The number of nitrogens with zero attached hydrogens (tertiary/aromatic N) is 2. The first-order chi connectivity index (χ1) is 25.9. The first kappa shape index (κ1) is 35.8. The number of thiophene rings is 2. The fourth-order valence-corrected chi connectivity index (χ4v) is 11.2.